The molecule has 2 aromatic heterocycles. The van der Waals surface area contributed by atoms with Gasteiger partial charge in [-0.1, -0.05) is 11.6 Å². The van der Waals surface area contributed by atoms with Gasteiger partial charge in [0, 0.05) is 36.0 Å². The molecule has 4 heterocycles. The Bertz CT molecular complexity index is 1480. The number of aromatic nitrogens is 4. The number of anilines is 1. The van der Waals surface area contributed by atoms with Crippen LogP contribution in [0, 0.1) is 35.0 Å². The molecule has 4 aliphatic rings. The first-order valence-corrected chi connectivity index (χ1v) is 12.8. The highest BCUT2D eigenvalue weighted by molar-refractivity contribution is 6.30. The van der Waals surface area contributed by atoms with Crippen molar-refractivity contribution in [3.8, 4) is 17.8 Å². The molecule has 0 bridgehead atoms. The summed E-state index contributed by atoms with van der Waals surface area (Å²) in [6, 6.07) is 14.6. The van der Waals surface area contributed by atoms with E-state index in [9.17, 15) is 10.5 Å². The van der Waals surface area contributed by atoms with E-state index in [2.05, 4.69) is 42.7 Å². The second-order valence-corrected chi connectivity index (χ2v) is 11.4. The zero-order chi connectivity index (χ0) is 24.7. The normalized spacial score (nSPS) is 21.4. The third-order valence-electron chi connectivity index (χ3n) is 8.56. The van der Waals surface area contributed by atoms with E-state index in [1.165, 1.54) is 0 Å². The summed E-state index contributed by atoms with van der Waals surface area (Å²) in [6.07, 6.45) is 3.95. The Morgan fingerprint density at radius 2 is 1.86 bits per heavy atom. The van der Waals surface area contributed by atoms with Crippen LogP contribution in [-0.4, -0.2) is 43.3 Å². The number of benzene rings is 1. The lowest BCUT2D eigenvalue weighted by molar-refractivity contribution is 0.0581. The highest BCUT2D eigenvalue weighted by Gasteiger charge is 2.55. The Labute approximate surface area is 214 Å². The van der Waals surface area contributed by atoms with Crippen LogP contribution in [0.15, 0.2) is 30.3 Å². The zero-order valence-electron chi connectivity index (χ0n) is 20.1. The summed E-state index contributed by atoms with van der Waals surface area (Å²) in [4.78, 5) is 9.19. The first kappa shape index (κ1) is 21.8. The van der Waals surface area contributed by atoms with E-state index < -0.39 is 5.54 Å². The molecule has 0 unspecified atom stereocenters. The minimum atomic E-state index is -0.394. The predicted octanol–water partition coefficient (Wildman–Crippen LogP) is 4.25. The van der Waals surface area contributed by atoms with Crippen molar-refractivity contribution in [3.63, 3.8) is 0 Å². The maximum Gasteiger partial charge on any atom is 0.151 e. The number of halogens is 1. The molecule has 1 aromatic carbocycles. The van der Waals surface area contributed by atoms with E-state index >= 15 is 0 Å². The molecule has 8 nitrogen and oxygen atoms in total. The third-order valence-corrected chi connectivity index (χ3v) is 8.80. The molecule has 2 saturated carbocycles. The van der Waals surface area contributed by atoms with E-state index in [4.69, 9.17) is 16.7 Å². The number of pyridine rings is 1. The first-order valence-electron chi connectivity index (χ1n) is 12.4. The molecule has 7 rings (SSSR count). The zero-order valence-corrected chi connectivity index (χ0v) is 20.8. The number of hydrogen-bond acceptors (Lipinski definition) is 7. The summed E-state index contributed by atoms with van der Waals surface area (Å²) >= 11 is 6.39. The molecule has 0 N–H and O–H groups in total. The Morgan fingerprint density at radius 1 is 1.06 bits per heavy atom. The van der Waals surface area contributed by atoms with Gasteiger partial charge in [0.15, 0.2) is 5.82 Å². The molecule has 180 valence electrons. The molecule has 36 heavy (non-hydrogen) atoms. The van der Waals surface area contributed by atoms with Gasteiger partial charge in [0.05, 0.1) is 29.6 Å². The van der Waals surface area contributed by atoms with Gasteiger partial charge >= 0.3 is 0 Å². The molecular formula is C27H25ClN8. The lowest BCUT2D eigenvalue weighted by atomic mass is 9.57. The highest BCUT2D eigenvalue weighted by Crippen LogP contribution is 2.57. The maximum absolute atomic E-state index is 9.84. The van der Waals surface area contributed by atoms with Gasteiger partial charge in [-0.05, 0) is 68.5 Å². The average Bonchev–Trinajstić information content (AvgIpc) is 3.55. The second-order valence-electron chi connectivity index (χ2n) is 11.0. The van der Waals surface area contributed by atoms with E-state index in [-0.39, 0.29) is 0 Å². The van der Waals surface area contributed by atoms with Crippen molar-refractivity contribution in [1.29, 1.82) is 10.5 Å². The topological polar surface area (TPSA) is 97.7 Å². The second kappa shape index (κ2) is 7.52. The van der Waals surface area contributed by atoms with Crippen molar-refractivity contribution in [1.82, 2.24) is 24.6 Å². The van der Waals surface area contributed by atoms with Crippen molar-refractivity contribution in [2.45, 2.75) is 57.2 Å². The summed E-state index contributed by atoms with van der Waals surface area (Å²) in [7, 11) is 0. The molecule has 1 spiro atoms. The highest BCUT2D eigenvalue weighted by atomic mass is 35.5. The fourth-order valence-corrected chi connectivity index (χ4v) is 6.60. The minimum absolute atomic E-state index is 0.291. The number of nitrogens with zero attached hydrogens (tertiary/aromatic N) is 8. The van der Waals surface area contributed by atoms with Crippen LogP contribution in [0.3, 0.4) is 0 Å². The van der Waals surface area contributed by atoms with E-state index in [1.54, 1.807) is 0 Å². The molecule has 3 aromatic rings. The predicted molar refractivity (Wildman–Crippen MR) is 134 cm³/mol. The first-order chi connectivity index (χ1) is 17.4. The average molecular weight is 497 g/mol. The molecule has 9 heteroatoms. The molecule has 2 aliphatic heterocycles. The van der Waals surface area contributed by atoms with Crippen LogP contribution in [-0.2, 0) is 13.1 Å². The molecular weight excluding hydrogens is 472 g/mol. The minimum Gasteiger partial charge on any atom is -0.355 e. The lowest BCUT2D eigenvalue weighted by Gasteiger charge is -2.59. The van der Waals surface area contributed by atoms with E-state index in [0.717, 1.165) is 73.2 Å². The number of fused-ring (bicyclic) bond motifs is 3. The third kappa shape index (κ3) is 3.18. The van der Waals surface area contributed by atoms with Crippen molar-refractivity contribution in [2.24, 2.45) is 5.41 Å². The SMILES string of the molecule is Cc1nc(N2CC3(CC(c4nnc5n4-c4ccc(Cl)cc4CN(C4(C#N)CC4)C5)C3)C2)ccc1C#N. The standard InChI is InChI=1S/C27H25ClN8/c1-17-18(11-29)2-5-23(31-17)34-15-26(16-34)9-20(10-26)25-33-32-24-13-35(27(14-30)6-7-27)12-19-8-21(28)3-4-22(19)36(24)25/h2-5,8,20H,6-7,9-10,12-13,15-16H2,1H3. The number of nitriles is 2. The Hall–Kier alpha value is -3.46. The summed E-state index contributed by atoms with van der Waals surface area (Å²) in [5, 5.41) is 29.0. The van der Waals surface area contributed by atoms with Gasteiger partial charge in [-0.2, -0.15) is 10.5 Å². The summed E-state index contributed by atoms with van der Waals surface area (Å²) < 4.78 is 2.23. The van der Waals surface area contributed by atoms with Gasteiger partial charge in [0.2, 0.25) is 0 Å². The van der Waals surface area contributed by atoms with Crippen LogP contribution in [0.25, 0.3) is 5.69 Å². The summed E-state index contributed by atoms with van der Waals surface area (Å²) in [6.45, 7) is 5.15. The molecule has 0 radical (unpaired) electrons. The van der Waals surface area contributed by atoms with Gasteiger partial charge in [-0.15, -0.1) is 10.2 Å². The molecule has 0 atom stereocenters. The van der Waals surface area contributed by atoms with Crippen molar-refractivity contribution >= 4 is 17.4 Å². The monoisotopic (exact) mass is 496 g/mol. The maximum atomic E-state index is 9.84. The largest absolute Gasteiger partial charge is 0.355 e. The van der Waals surface area contributed by atoms with Gasteiger partial charge in [0.1, 0.15) is 23.3 Å². The van der Waals surface area contributed by atoms with Crippen LogP contribution in [0.1, 0.15) is 60.1 Å². The Kier molecular flexibility index (Phi) is 4.55. The van der Waals surface area contributed by atoms with Crippen LogP contribution in [0.2, 0.25) is 5.02 Å². The fourth-order valence-electron chi connectivity index (χ4n) is 6.40. The fraction of sp³-hybridized carbons (Fsp3) is 0.444. The number of aryl methyl sites for hydroxylation is 1. The smallest absolute Gasteiger partial charge is 0.151 e. The van der Waals surface area contributed by atoms with Gasteiger partial charge < -0.3 is 4.90 Å². The molecule has 0 amide bonds. The van der Waals surface area contributed by atoms with Crippen LogP contribution >= 0.6 is 11.6 Å². The van der Waals surface area contributed by atoms with Gasteiger partial charge in [-0.3, -0.25) is 9.47 Å². The van der Waals surface area contributed by atoms with Crippen LogP contribution < -0.4 is 4.90 Å². The Morgan fingerprint density at radius 3 is 2.56 bits per heavy atom. The van der Waals surface area contributed by atoms with Crippen LogP contribution in [0.5, 0.6) is 0 Å². The summed E-state index contributed by atoms with van der Waals surface area (Å²) in [5.41, 5.74) is 3.51. The molecule has 3 fully saturated rings. The summed E-state index contributed by atoms with van der Waals surface area (Å²) in [5.74, 6) is 3.23. The van der Waals surface area contributed by atoms with E-state index in [1.807, 2.05) is 31.2 Å². The molecule has 2 aliphatic carbocycles. The van der Waals surface area contributed by atoms with Crippen molar-refractivity contribution < 1.29 is 0 Å². The Balaban J connectivity index is 1.13. The van der Waals surface area contributed by atoms with Gasteiger partial charge in [0.25, 0.3) is 0 Å². The van der Waals surface area contributed by atoms with Crippen molar-refractivity contribution in [2.75, 3.05) is 18.0 Å². The quantitative estimate of drug-likeness (QED) is 0.534. The van der Waals surface area contributed by atoms with Gasteiger partial charge in [-0.25, -0.2) is 4.98 Å². The lowest BCUT2D eigenvalue weighted by Crippen LogP contribution is -2.62. The van der Waals surface area contributed by atoms with Crippen molar-refractivity contribution in [3.05, 3.63) is 63.8 Å². The number of rotatable bonds is 3. The van der Waals surface area contributed by atoms with E-state index in [0.29, 0.717) is 35.0 Å². The van der Waals surface area contributed by atoms with Crippen LogP contribution in [0.4, 0.5) is 5.82 Å². The number of hydrogen-bond donors (Lipinski definition) is 0. The molecule has 1 saturated heterocycles.